The molecule has 4 rings (SSSR count). The van der Waals surface area contributed by atoms with Crippen LogP contribution in [0.5, 0.6) is 34.5 Å². The Balaban J connectivity index is 1.50. The molecule has 0 saturated heterocycles. The van der Waals surface area contributed by atoms with Crippen molar-refractivity contribution < 1.29 is 37.8 Å². The van der Waals surface area contributed by atoms with Crippen LogP contribution >= 0.6 is 0 Å². The zero-order chi connectivity index (χ0) is 62.1. The maximum absolute atomic E-state index is 13.0. The van der Waals surface area contributed by atoms with Gasteiger partial charge in [0.1, 0.15) is 17.2 Å². The number of nitrogens with zero attached hydrogens (tertiary/aromatic N) is 1. The fourth-order valence-electron chi connectivity index (χ4n) is 12.3. The van der Waals surface area contributed by atoms with Crippen LogP contribution in [0.25, 0.3) is 0 Å². The van der Waals surface area contributed by atoms with E-state index in [2.05, 4.69) is 57.2 Å². The SMILES string of the molecule is CCCCCCCCCCCCCCCCOc1ccc([Si](OCc2cc(OC)c(OC)c(OC)c2[N+](=O)[O-])(c2ccc(OCCCCCCCCCCCCCCCC)cc2)c2ccc(OCCCCCCCCCCCCCCCC)cc2)cc1. The molecule has 11 heteroatoms. The molecule has 0 bridgehead atoms. The third-order valence-corrected chi connectivity index (χ3v) is 21.6. The van der Waals surface area contributed by atoms with E-state index in [-0.39, 0.29) is 23.8 Å². The highest BCUT2D eigenvalue weighted by atomic mass is 28.4. The summed E-state index contributed by atoms with van der Waals surface area (Å²) in [6.07, 6.45) is 55.2. The molecule has 10 nitrogen and oxygen atoms in total. The first-order valence-electron chi connectivity index (χ1n) is 35.7. The summed E-state index contributed by atoms with van der Waals surface area (Å²) in [4.78, 5) is 12.6. The van der Waals surface area contributed by atoms with E-state index in [1.165, 1.54) is 252 Å². The fraction of sp³-hybridized carbons (Fsp3) is 0.684. The van der Waals surface area contributed by atoms with Crippen LogP contribution in [0.1, 0.15) is 296 Å². The largest absolute Gasteiger partial charge is 0.494 e. The third-order valence-electron chi connectivity index (χ3n) is 17.6. The number of benzene rings is 4. The topological polar surface area (TPSA) is 108 Å². The lowest BCUT2D eigenvalue weighted by Gasteiger charge is -2.33. The van der Waals surface area contributed by atoms with Gasteiger partial charge in [0.05, 0.1) is 58.2 Å². The molecule has 0 heterocycles. The lowest BCUT2D eigenvalue weighted by molar-refractivity contribution is -0.386. The molecule has 0 unspecified atom stereocenters. The molecule has 0 N–H and O–H groups in total. The van der Waals surface area contributed by atoms with Crippen molar-refractivity contribution in [1.29, 1.82) is 0 Å². The van der Waals surface area contributed by atoms with Gasteiger partial charge in [-0.3, -0.25) is 10.1 Å². The van der Waals surface area contributed by atoms with Crippen molar-refractivity contribution in [3.8, 4) is 34.5 Å². The highest BCUT2D eigenvalue weighted by molar-refractivity contribution is 7.07. The molecule has 0 radical (unpaired) electrons. The molecule has 4 aromatic rings. The minimum atomic E-state index is -3.54. The van der Waals surface area contributed by atoms with Crippen molar-refractivity contribution in [3.05, 3.63) is 94.5 Å². The van der Waals surface area contributed by atoms with E-state index in [1.54, 1.807) is 6.07 Å². The van der Waals surface area contributed by atoms with Crippen molar-refractivity contribution in [1.82, 2.24) is 0 Å². The number of nitro benzene ring substituents is 1. The summed E-state index contributed by atoms with van der Waals surface area (Å²) in [6, 6.07) is 26.7. The van der Waals surface area contributed by atoms with Gasteiger partial charge in [-0.15, -0.1) is 0 Å². The Hall–Kier alpha value is -4.74. The summed E-state index contributed by atoms with van der Waals surface area (Å²) in [5.74, 6) is 2.85. The molecule has 0 aliphatic carbocycles. The minimum absolute atomic E-state index is 0.0198. The minimum Gasteiger partial charge on any atom is -0.494 e. The third kappa shape index (κ3) is 30.1. The second-order valence-electron chi connectivity index (χ2n) is 24.8. The van der Waals surface area contributed by atoms with Gasteiger partial charge in [0.15, 0.2) is 5.75 Å². The average molecular weight is 1220 g/mol. The van der Waals surface area contributed by atoms with Crippen LogP contribution in [0.3, 0.4) is 0 Å². The van der Waals surface area contributed by atoms with Crippen molar-refractivity contribution >= 4 is 29.6 Å². The van der Waals surface area contributed by atoms with Crippen LogP contribution in [0.2, 0.25) is 0 Å². The smallest absolute Gasteiger partial charge is 0.320 e. The molecule has 87 heavy (non-hydrogen) atoms. The Morgan fingerprint density at radius 2 is 0.598 bits per heavy atom. The summed E-state index contributed by atoms with van der Waals surface area (Å²) >= 11 is 0. The van der Waals surface area contributed by atoms with Gasteiger partial charge >= 0.3 is 5.69 Å². The van der Waals surface area contributed by atoms with Crippen LogP contribution in [0.4, 0.5) is 5.69 Å². The normalized spacial score (nSPS) is 11.5. The van der Waals surface area contributed by atoms with Gasteiger partial charge in [0.25, 0.3) is 8.32 Å². The predicted octanol–water partition coefficient (Wildman–Crippen LogP) is 21.4. The Labute approximate surface area is 532 Å². The number of nitro groups is 1. The summed E-state index contributed by atoms with van der Waals surface area (Å²) in [5.41, 5.74) is 0.0746. The summed E-state index contributed by atoms with van der Waals surface area (Å²) in [6.45, 7) is 8.70. The molecule has 0 fully saturated rings. The maximum atomic E-state index is 13.0. The molecule has 0 aliphatic rings. The second-order valence-corrected chi connectivity index (χ2v) is 28.2. The number of hydrogen-bond donors (Lipinski definition) is 0. The van der Waals surface area contributed by atoms with Gasteiger partial charge < -0.3 is 32.8 Å². The Kier molecular flexibility index (Phi) is 42.2. The first-order valence-corrected chi connectivity index (χ1v) is 37.6. The molecule has 0 spiro atoms. The van der Waals surface area contributed by atoms with Crippen LogP contribution in [0, 0.1) is 10.1 Å². The first kappa shape index (κ1) is 74.7. The molecule has 4 aromatic carbocycles. The maximum Gasteiger partial charge on any atom is 0.320 e. The van der Waals surface area contributed by atoms with Crippen LogP contribution in [-0.2, 0) is 11.0 Å². The van der Waals surface area contributed by atoms with Crippen molar-refractivity contribution in [2.75, 3.05) is 41.2 Å². The lowest BCUT2D eigenvalue weighted by Crippen LogP contribution is -2.69. The summed E-state index contributed by atoms with van der Waals surface area (Å²) in [7, 11) is 0.835. The lowest BCUT2D eigenvalue weighted by atomic mass is 10.0. The Bertz CT molecular complexity index is 2100. The van der Waals surface area contributed by atoms with E-state index in [0.29, 0.717) is 31.1 Å². The zero-order valence-electron chi connectivity index (χ0n) is 56.2. The predicted molar refractivity (Wildman–Crippen MR) is 369 cm³/mol. The van der Waals surface area contributed by atoms with Crippen molar-refractivity contribution in [2.24, 2.45) is 0 Å². The van der Waals surface area contributed by atoms with Gasteiger partial charge in [-0.1, -0.05) is 308 Å². The molecular weight excluding hydrogens is 1100 g/mol. The van der Waals surface area contributed by atoms with Crippen molar-refractivity contribution in [3.63, 3.8) is 0 Å². The van der Waals surface area contributed by atoms with E-state index < -0.39 is 13.2 Å². The van der Waals surface area contributed by atoms with E-state index >= 15 is 0 Å². The van der Waals surface area contributed by atoms with E-state index in [1.807, 2.05) is 36.4 Å². The quantitative estimate of drug-likeness (QED) is 0.0140. The molecule has 0 amide bonds. The van der Waals surface area contributed by atoms with Crippen LogP contribution in [0.15, 0.2) is 78.9 Å². The van der Waals surface area contributed by atoms with Crippen LogP contribution < -0.4 is 44.0 Å². The van der Waals surface area contributed by atoms with Crippen molar-refractivity contribution in [2.45, 2.75) is 297 Å². The Morgan fingerprint density at radius 3 is 0.828 bits per heavy atom. The van der Waals surface area contributed by atoms with E-state index in [9.17, 15) is 10.1 Å². The van der Waals surface area contributed by atoms with Gasteiger partial charge in [0, 0.05) is 0 Å². The number of ether oxygens (including phenoxy) is 6. The molecule has 0 aromatic heterocycles. The zero-order valence-corrected chi connectivity index (χ0v) is 57.2. The fourth-order valence-corrected chi connectivity index (χ4v) is 16.0. The summed E-state index contributed by atoms with van der Waals surface area (Å²) < 4.78 is 43.7. The average Bonchev–Trinajstić information content (AvgIpc) is 1.03. The van der Waals surface area contributed by atoms with Crippen LogP contribution in [-0.4, -0.2) is 54.4 Å². The van der Waals surface area contributed by atoms with Gasteiger partial charge in [-0.05, 0) is 77.3 Å². The number of methoxy groups -OCH3 is 3. The molecule has 0 aliphatic heterocycles. The van der Waals surface area contributed by atoms with Gasteiger partial charge in [-0.25, -0.2) is 0 Å². The molecule has 0 atom stereocenters. The molecule has 490 valence electrons. The van der Waals surface area contributed by atoms with E-state index in [4.69, 9.17) is 32.8 Å². The monoisotopic (exact) mass is 1220 g/mol. The second kappa shape index (κ2) is 49.1. The van der Waals surface area contributed by atoms with E-state index in [0.717, 1.165) is 71.3 Å². The number of hydrogen-bond acceptors (Lipinski definition) is 9. The first-order chi connectivity index (χ1) is 42.9. The highest BCUT2D eigenvalue weighted by Gasteiger charge is 2.43. The standard InChI is InChI=1S/C76H123NO9Si/c1-7-10-13-16-19-22-25-28-31-34-37-40-43-46-61-83-67-49-55-70(56-50-67)87(86-65-66-64-73(80-4)75(81-5)76(82-6)74(66)77(78)79,71-57-51-68(52-58-71)84-62-47-44-41-38-35-32-29-26-23-20-17-14-11-8-2)72-59-53-69(54-60-72)85-63-48-45-42-39-36-33-30-27-24-21-18-15-12-9-3/h49-60,64H,7-48,61-63,65H2,1-6H3. The van der Waals surface area contributed by atoms with Gasteiger partial charge in [-0.2, -0.15) is 0 Å². The highest BCUT2D eigenvalue weighted by Crippen LogP contribution is 2.46. The Morgan fingerprint density at radius 1 is 0.345 bits per heavy atom. The number of rotatable bonds is 58. The number of unbranched alkanes of at least 4 members (excludes halogenated alkanes) is 39. The molecule has 0 saturated carbocycles. The summed E-state index contributed by atoms with van der Waals surface area (Å²) in [5, 5.41) is 15.9. The molecular formula is C76H123NO9Si. The van der Waals surface area contributed by atoms with Gasteiger partial charge in [0.2, 0.25) is 11.5 Å².